The number of hydrogen-bond donors (Lipinski definition) is 2. The molecule has 1 fully saturated rings. The van der Waals surface area contributed by atoms with Crippen LogP contribution in [0.15, 0.2) is 0 Å². The number of aliphatic carboxylic acids is 1. The minimum Gasteiger partial charge on any atom is -0.480 e. The molecule has 0 saturated heterocycles. The van der Waals surface area contributed by atoms with Crippen molar-refractivity contribution in [2.45, 2.75) is 50.7 Å². The molecule has 0 radical (unpaired) electrons. The molecule has 4 heteroatoms. The summed E-state index contributed by atoms with van der Waals surface area (Å²) in [4.78, 5) is 11.1. The van der Waals surface area contributed by atoms with Crippen LogP contribution in [0.5, 0.6) is 0 Å². The third kappa shape index (κ3) is 1.63. The Bertz CT molecular complexity index is 231. The van der Waals surface area contributed by atoms with Gasteiger partial charge in [0.05, 0.1) is 0 Å². The number of rotatable bonds is 3. The fraction of sp³-hybridized carbons (Fsp3) is 0.900. The molecule has 1 atom stereocenters. The van der Waals surface area contributed by atoms with E-state index in [0.29, 0.717) is 0 Å². The third-order valence-corrected chi connectivity index (χ3v) is 3.34. The van der Waals surface area contributed by atoms with Gasteiger partial charge in [0.15, 0.2) is 5.54 Å². The topological polar surface area (TPSA) is 63.3 Å². The van der Waals surface area contributed by atoms with Gasteiger partial charge in [-0.2, -0.15) is 0 Å². The number of halogens is 1. The summed E-state index contributed by atoms with van der Waals surface area (Å²) < 4.78 is 13.8. The van der Waals surface area contributed by atoms with Crippen molar-refractivity contribution in [3.63, 3.8) is 0 Å². The highest BCUT2D eigenvalue weighted by Crippen LogP contribution is 2.40. The molecule has 1 aliphatic rings. The summed E-state index contributed by atoms with van der Waals surface area (Å²) in [5.74, 6) is -1.46. The monoisotopic (exact) mass is 203 g/mol. The predicted molar refractivity (Wildman–Crippen MR) is 51.7 cm³/mol. The van der Waals surface area contributed by atoms with E-state index in [1.54, 1.807) is 0 Å². The Kier molecular flexibility index (Phi) is 2.86. The van der Waals surface area contributed by atoms with Crippen LogP contribution in [-0.2, 0) is 4.79 Å². The number of alkyl halides is 1. The summed E-state index contributed by atoms with van der Waals surface area (Å²) in [5, 5.41) is 9.06. The molecule has 0 aromatic carbocycles. The van der Waals surface area contributed by atoms with E-state index in [-0.39, 0.29) is 5.92 Å². The molecular formula is C10H18FNO2. The highest BCUT2D eigenvalue weighted by atomic mass is 19.1. The Balaban J connectivity index is 2.97. The Labute approximate surface area is 83.5 Å². The smallest absolute Gasteiger partial charge is 0.327 e. The second-order valence-corrected chi connectivity index (χ2v) is 4.63. The average Bonchev–Trinajstić information content (AvgIpc) is 2.52. The molecule has 0 amide bonds. The molecule has 14 heavy (non-hydrogen) atoms. The van der Waals surface area contributed by atoms with Crippen LogP contribution in [0.25, 0.3) is 0 Å². The lowest BCUT2D eigenvalue weighted by Crippen LogP contribution is -2.65. The summed E-state index contributed by atoms with van der Waals surface area (Å²) in [6.07, 6.45) is 3.34. The normalized spacial score (nSPS) is 23.4. The van der Waals surface area contributed by atoms with Crippen molar-refractivity contribution < 1.29 is 14.3 Å². The molecule has 0 aromatic rings. The van der Waals surface area contributed by atoms with Crippen molar-refractivity contribution >= 4 is 5.97 Å². The Morgan fingerprint density at radius 3 is 2.14 bits per heavy atom. The fourth-order valence-corrected chi connectivity index (χ4v) is 2.30. The zero-order valence-corrected chi connectivity index (χ0v) is 8.72. The summed E-state index contributed by atoms with van der Waals surface area (Å²) >= 11 is 0. The van der Waals surface area contributed by atoms with E-state index < -0.39 is 17.2 Å². The molecule has 1 rings (SSSR count). The van der Waals surface area contributed by atoms with Crippen molar-refractivity contribution in [3.05, 3.63) is 0 Å². The number of carboxylic acid groups (broad SMARTS) is 1. The highest BCUT2D eigenvalue weighted by molar-refractivity contribution is 5.80. The van der Waals surface area contributed by atoms with Crippen LogP contribution in [0, 0.1) is 5.92 Å². The average molecular weight is 203 g/mol. The lowest BCUT2D eigenvalue weighted by molar-refractivity contribution is -0.152. The molecule has 0 aromatic heterocycles. The van der Waals surface area contributed by atoms with E-state index in [1.165, 1.54) is 13.8 Å². The van der Waals surface area contributed by atoms with Gasteiger partial charge in [0.25, 0.3) is 0 Å². The van der Waals surface area contributed by atoms with Gasteiger partial charge in [0.1, 0.15) is 5.67 Å². The Morgan fingerprint density at radius 2 is 1.86 bits per heavy atom. The van der Waals surface area contributed by atoms with Crippen LogP contribution in [0.4, 0.5) is 4.39 Å². The zero-order valence-electron chi connectivity index (χ0n) is 8.72. The van der Waals surface area contributed by atoms with Gasteiger partial charge in [-0.3, -0.25) is 4.79 Å². The van der Waals surface area contributed by atoms with Crippen LogP contribution >= 0.6 is 0 Å². The lowest BCUT2D eigenvalue weighted by atomic mass is 9.73. The number of carboxylic acids is 1. The molecule has 3 nitrogen and oxygen atoms in total. The number of nitrogens with two attached hydrogens (primary N) is 1. The second kappa shape index (κ2) is 3.50. The maximum absolute atomic E-state index is 13.8. The van der Waals surface area contributed by atoms with Crippen LogP contribution < -0.4 is 5.73 Å². The summed E-state index contributed by atoms with van der Waals surface area (Å²) in [7, 11) is 0. The van der Waals surface area contributed by atoms with Crippen LogP contribution in [0.1, 0.15) is 39.5 Å². The molecule has 82 valence electrons. The van der Waals surface area contributed by atoms with E-state index >= 15 is 0 Å². The first kappa shape index (κ1) is 11.4. The quantitative estimate of drug-likeness (QED) is 0.734. The van der Waals surface area contributed by atoms with Gasteiger partial charge in [-0.05, 0) is 32.6 Å². The number of hydrogen-bond acceptors (Lipinski definition) is 2. The predicted octanol–water partition coefficient (Wildman–Crippen LogP) is 1.71. The van der Waals surface area contributed by atoms with Gasteiger partial charge in [-0.15, -0.1) is 0 Å². The molecule has 0 bridgehead atoms. The molecule has 3 N–H and O–H groups in total. The maximum Gasteiger partial charge on any atom is 0.327 e. The molecule has 0 spiro atoms. The van der Waals surface area contributed by atoms with E-state index in [1.807, 2.05) is 0 Å². The first-order chi connectivity index (χ1) is 6.30. The number of carbonyl (C=O) groups is 1. The fourth-order valence-electron chi connectivity index (χ4n) is 2.30. The van der Waals surface area contributed by atoms with E-state index in [2.05, 4.69) is 0 Å². The minimum absolute atomic E-state index is 0.236. The largest absolute Gasteiger partial charge is 0.480 e. The first-order valence-electron chi connectivity index (χ1n) is 5.01. The summed E-state index contributed by atoms with van der Waals surface area (Å²) in [6.45, 7) is 2.50. The van der Waals surface area contributed by atoms with Crippen LogP contribution in [-0.4, -0.2) is 22.3 Å². The van der Waals surface area contributed by atoms with Crippen molar-refractivity contribution in [2.75, 3.05) is 0 Å². The third-order valence-electron chi connectivity index (χ3n) is 3.34. The standard InChI is InChI=1S/C10H18FNO2/c1-9(2,11)10(12,8(13)14)7-5-3-4-6-7/h7H,3-6,12H2,1-2H3,(H,13,14). The van der Waals surface area contributed by atoms with Gasteiger partial charge < -0.3 is 10.8 Å². The maximum atomic E-state index is 13.8. The van der Waals surface area contributed by atoms with E-state index in [4.69, 9.17) is 10.8 Å². The first-order valence-corrected chi connectivity index (χ1v) is 5.01. The highest BCUT2D eigenvalue weighted by Gasteiger charge is 2.54. The molecule has 1 aliphatic carbocycles. The molecule has 0 heterocycles. The van der Waals surface area contributed by atoms with Crippen molar-refractivity contribution in [1.82, 2.24) is 0 Å². The Hall–Kier alpha value is -0.640. The molecule has 1 saturated carbocycles. The van der Waals surface area contributed by atoms with Crippen LogP contribution in [0.3, 0.4) is 0 Å². The molecule has 0 aliphatic heterocycles. The Morgan fingerprint density at radius 1 is 1.43 bits per heavy atom. The van der Waals surface area contributed by atoms with Gasteiger partial charge in [-0.1, -0.05) is 12.8 Å². The SMILES string of the molecule is CC(C)(F)C(N)(C(=O)O)C1CCCC1. The van der Waals surface area contributed by atoms with Gasteiger partial charge >= 0.3 is 5.97 Å². The minimum atomic E-state index is -1.88. The van der Waals surface area contributed by atoms with Crippen LogP contribution in [0.2, 0.25) is 0 Å². The molecule has 1 unspecified atom stereocenters. The lowest BCUT2D eigenvalue weighted by Gasteiger charge is -2.39. The second-order valence-electron chi connectivity index (χ2n) is 4.63. The van der Waals surface area contributed by atoms with Crippen molar-refractivity contribution in [2.24, 2.45) is 11.7 Å². The summed E-state index contributed by atoms with van der Waals surface area (Å²) in [6, 6.07) is 0. The van der Waals surface area contributed by atoms with Crippen molar-refractivity contribution in [1.29, 1.82) is 0 Å². The zero-order chi connectivity index (χ0) is 11.0. The van der Waals surface area contributed by atoms with E-state index in [0.717, 1.165) is 25.7 Å². The molecular weight excluding hydrogens is 185 g/mol. The van der Waals surface area contributed by atoms with Gasteiger partial charge in [0.2, 0.25) is 0 Å². The van der Waals surface area contributed by atoms with Crippen molar-refractivity contribution in [3.8, 4) is 0 Å². The van der Waals surface area contributed by atoms with E-state index in [9.17, 15) is 9.18 Å². The van der Waals surface area contributed by atoms with Gasteiger partial charge in [0, 0.05) is 0 Å². The summed E-state index contributed by atoms with van der Waals surface area (Å²) in [5.41, 5.74) is 2.13. The van der Waals surface area contributed by atoms with Gasteiger partial charge in [-0.25, -0.2) is 4.39 Å².